The van der Waals surface area contributed by atoms with Crippen molar-refractivity contribution >= 4 is 12.0 Å². The van der Waals surface area contributed by atoms with Crippen molar-refractivity contribution in [1.29, 1.82) is 0 Å². The van der Waals surface area contributed by atoms with Gasteiger partial charge in [0.2, 0.25) is 0 Å². The molecule has 2 amide bonds. The number of amides is 2. The van der Waals surface area contributed by atoms with Gasteiger partial charge in [0.05, 0.1) is 6.04 Å². The van der Waals surface area contributed by atoms with E-state index in [4.69, 9.17) is 9.26 Å². The monoisotopic (exact) mass is 351 g/mol. The minimum absolute atomic E-state index is 0.129. The summed E-state index contributed by atoms with van der Waals surface area (Å²) < 4.78 is 10.6. The highest BCUT2D eigenvalue weighted by Crippen LogP contribution is 2.40. The van der Waals surface area contributed by atoms with Crippen LogP contribution in [0.1, 0.15) is 55.8 Å². The predicted molar refractivity (Wildman–Crippen MR) is 88.1 cm³/mol. The molecule has 1 aliphatic heterocycles. The van der Waals surface area contributed by atoms with Gasteiger partial charge < -0.3 is 24.6 Å². The first-order chi connectivity index (χ1) is 11.8. The Bertz CT molecular complexity index is 647. The van der Waals surface area contributed by atoms with Crippen LogP contribution in [-0.4, -0.2) is 58.5 Å². The first kappa shape index (κ1) is 17.7. The Morgan fingerprint density at radius 3 is 2.72 bits per heavy atom. The Morgan fingerprint density at radius 2 is 2.12 bits per heavy atom. The van der Waals surface area contributed by atoms with E-state index in [2.05, 4.69) is 10.5 Å². The average molecular weight is 351 g/mol. The van der Waals surface area contributed by atoms with E-state index in [-0.39, 0.29) is 30.2 Å². The number of carbonyl (C=O) groups excluding carboxylic acids is 2. The quantitative estimate of drug-likeness (QED) is 0.852. The smallest absolute Gasteiger partial charge is 0.410 e. The molecule has 2 heterocycles. The third-order valence-electron chi connectivity index (χ3n) is 4.38. The maximum Gasteiger partial charge on any atom is 0.410 e. The van der Waals surface area contributed by atoms with Crippen LogP contribution in [-0.2, 0) is 4.74 Å². The second kappa shape index (κ2) is 6.67. The Labute approximate surface area is 146 Å². The van der Waals surface area contributed by atoms with Crippen LogP contribution in [0.4, 0.5) is 4.79 Å². The van der Waals surface area contributed by atoms with E-state index in [1.165, 1.54) is 4.90 Å². The molecule has 0 aromatic carbocycles. The highest BCUT2D eigenvalue weighted by Gasteiger charge is 2.38. The Morgan fingerprint density at radius 1 is 1.40 bits per heavy atom. The summed E-state index contributed by atoms with van der Waals surface area (Å²) in [6, 6.07) is 1.31. The first-order valence-corrected chi connectivity index (χ1v) is 8.63. The van der Waals surface area contributed by atoms with Crippen LogP contribution >= 0.6 is 0 Å². The van der Waals surface area contributed by atoms with Crippen LogP contribution in [0, 0.1) is 5.92 Å². The lowest BCUT2D eigenvalue weighted by Gasteiger charge is -2.24. The predicted octanol–water partition coefficient (Wildman–Crippen LogP) is 1.51. The van der Waals surface area contributed by atoms with Gasteiger partial charge >= 0.3 is 6.09 Å². The molecule has 1 aromatic rings. The van der Waals surface area contributed by atoms with E-state index >= 15 is 0 Å². The maximum atomic E-state index is 12.4. The van der Waals surface area contributed by atoms with Gasteiger partial charge in [0, 0.05) is 37.6 Å². The molecule has 0 unspecified atom stereocenters. The SMILES string of the molecule is CC(C)(C)OC(=O)N1C[C@@H](CO)[C@@H](NC(=O)c2cc(C3CC3)on2)C1. The van der Waals surface area contributed by atoms with Crippen molar-refractivity contribution in [3.8, 4) is 0 Å². The summed E-state index contributed by atoms with van der Waals surface area (Å²) in [5, 5.41) is 16.2. The molecule has 138 valence electrons. The molecule has 1 saturated carbocycles. The number of nitrogens with one attached hydrogen (secondary N) is 1. The van der Waals surface area contributed by atoms with Crippen molar-refractivity contribution in [3.05, 3.63) is 17.5 Å². The van der Waals surface area contributed by atoms with Crippen LogP contribution in [0.2, 0.25) is 0 Å². The molecule has 8 heteroatoms. The van der Waals surface area contributed by atoms with E-state index in [9.17, 15) is 14.7 Å². The van der Waals surface area contributed by atoms with Gasteiger partial charge in [0.1, 0.15) is 11.4 Å². The molecule has 3 rings (SSSR count). The molecule has 25 heavy (non-hydrogen) atoms. The molecule has 2 atom stereocenters. The van der Waals surface area contributed by atoms with Crippen molar-refractivity contribution in [3.63, 3.8) is 0 Å². The molecule has 2 fully saturated rings. The number of nitrogens with zero attached hydrogens (tertiary/aromatic N) is 2. The standard InChI is InChI=1S/C17H25N3O5/c1-17(2,3)24-16(23)20-7-11(9-21)13(8-20)18-15(22)12-6-14(25-19-12)10-4-5-10/h6,10-11,13,21H,4-5,7-9H2,1-3H3,(H,18,22)/t11-,13-/m0/s1. The van der Waals surface area contributed by atoms with Gasteiger partial charge in [-0.25, -0.2) is 4.79 Å². The Kier molecular flexibility index (Phi) is 4.73. The van der Waals surface area contributed by atoms with Crippen molar-refractivity contribution in [1.82, 2.24) is 15.4 Å². The third kappa shape index (κ3) is 4.31. The van der Waals surface area contributed by atoms with Crippen molar-refractivity contribution < 1.29 is 24.0 Å². The zero-order valence-electron chi connectivity index (χ0n) is 14.8. The molecule has 1 saturated heterocycles. The molecule has 1 aromatic heterocycles. The Hall–Kier alpha value is -2.09. The van der Waals surface area contributed by atoms with Gasteiger partial charge in [0.15, 0.2) is 5.69 Å². The van der Waals surface area contributed by atoms with E-state index in [1.54, 1.807) is 26.8 Å². The number of ether oxygens (including phenoxy) is 1. The van der Waals surface area contributed by atoms with Crippen LogP contribution < -0.4 is 5.32 Å². The lowest BCUT2D eigenvalue weighted by molar-refractivity contribution is 0.0281. The molecule has 1 aliphatic carbocycles. The molecule has 2 N–H and O–H groups in total. The van der Waals surface area contributed by atoms with E-state index < -0.39 is 11.7 Å². The van der Waals surface area contributed by atoms with Crippen molar-refractivity contribution in [2.75, 3.05) is 19.7 Å². The molecule has 0 spiro atoms. The molecule has 0 bridgehead atoms. The lowest BCUT2D eigenvalue weighted by atomic mass is 10.1. The third-order valence-corrected chi connectivity index (χ3v) is 4.38. The highest BCUT2D eigenvalue weighted by atomic mass is 16.6. The van der Waals surface area contributed by atoms with Gasteiger partial charge in [-0.3, -0.25) is 4.79 Å². The fourth-order valence-electron chi connectivity index (χ4n) is 2.89. The maximum absolute atomic E-state index is 12.4. The van der Waals surface area contributed by atoms with Crippen LogP contribution in [0.25, 0.3) is 0 Å². The fraction of sp³-hybridized carbons (Fsp3) is 0.706. The van der Waals surface area contributed by atoms with Crippen molar-refractivity contribution in [2.45, 2.75) is 51.2 Å². The number of aliphatic hydroxyl groups excluding tert-OH is 1. The summed E-state index contributed by atoms with van der Waals surface area (Å²) >= 11 is 0. The van der Waals surface area contributed by atoms with Crippen LogP contribution in [0.3, 0.4) is 0 Å². The van der Waals surface area contributed by atoms with E-state index in [0.29, 0.717) is 19.0 Å². The summed E-state index contributed by atoms with van der Waals surface area (Å²) in [5.41, 5.74) is -0.359. The number of aromatic nitrogens is 1. The van der Waals surface area contributed by atoms with Crippen LogP contribution in [0.15, 0.2) is 10.6 Å². The number of aliphatic hydroxyl groups is 1. The number of carbonyl (C=O) groups is 2. The average Bonchev–Trinajstić information content (AvgIpc) is 3.10. The van der Waals surface area contributed by atoms with Crippen LogP contribution in [0.5, 0.6) is 0 Å². The summed E-state index contributed by atoms with van der Waals surface area (Å²) in [5.74, 6) is 0.524. The molecular formula is C17H25N3O5. The fourth-order valence-corrected chi connectivity index (χ4v) is 2.89. The molecule has 0 radical (unpaired) electrons. The minimum atomic E-state index is -0.590. The van der Waals surface area contributed by atoms with Gasteiger partial charge in [-0.1, -0.05) is 5.16 Å². The zero-order valence-corrected chi connectivity index (χ0v) is 14.8. The van der Waals surface area contributed by atoms with Crippen molar-refractivity contribution in [2.24, 2.45) is 5.92 Å². The number of rotatable bonds is 4. The summed E-state index contributed by atoms with van der Waals surface area (Å²) in [7, 11) is 0. The first-order valence-electron chi connectivity index (χ1n) is 8.63. The second-order valence-electron chi connectivity index (χ2n) is 7.80. The normalized spacial score (nSPS) is 23.6. The van der Waals surface area contributed by atoms with Gasteiger partial charge in [-0.05, 0) is 33.6 Å². The second-order valence-corrected chi connectivity index (χ2v) is 7.80. The molecular weight excluding hydrogens is 326 g/mol. The lowest BCUT2D eigenvalue weighted by Crippen LogP contribution is -2.42. The zero-order chi connectivity index (χ0) is 18.2. The molecule has 2 aliphatic rings. The summed E-state index contributed by atoms with van der Waals surface area (Å²) in [6.07, 6.45) is 1.69. The number of hydrogen-bond donors (Lipinski definition) is 2. The number of likely N-dealkylation sites (tertiary alicyclic amines) is 1. The number of hydrogen-bond acceptors (Lipinski definition) is 6. The summed E-state index contributed by atoms with van der Waals surface area (Å²) in [4.78, 5) is 26.1. The van der Waals surface area contributed by atoms with Gasteiger partial charge in [0.25, 0.3) is 5.91 Å². The molecule has 8 nitrogen and oxygen atoms in total. The van der Waals surface area contributed by atoms with E-state index in [1.807, 2.05) is 0 Å². The van der Waals surface area contributed by atoms with Gasteiger partial charge in [-0.15, -0.1) is 0 Å². The highest BCUT2D eigenvalue weighted by molar-refractivity contribution is 5.92. The van der Waals surface area contributed by atoms with E-state index in [0.717, 1.165) is 18.6 Å². The Balaban J connectivity index is 1.60. The topological polar surface area (TPSA) is 105 Å². The van der Waals surface area contributed by atoms with Gasteiger partial charge in [-0.2, -0.15) is 0 Å². The summed E-state index contributed by atoms with van der Waals surface area (Å²) in [6.45, 7) is 5.89. The largest absolute Gasteiger partial charge is 0.444 e. The minimum Gasteiger partial charge on any atom is -0.444 e.